The van der Waals surface area contributed by atoms with Crippen LogP contribution in [0.4, 0.5) is 0 Å². The molecule has 1 amide bonds. The first-order chi connectivity index (χ1) is 7.58. The van der Waals surface area contributed by atoms with E-state index in [9.17, 15) is 4.79 Å². The highest BCUT2D eigenvalue weighted by molar-refractivity contribution is 5.75. The van der Waals surface area contributed by atoms with Crippen molar-refractivity contribution >= 4 is 5.91 Å². The molecule has 3 heteroatoms. The molecule has 16 heavy (non-hydrogen) atoms. The van der Waals surface area contributed by atoms with Crippen LogP contribution in [0.2, 0.25) is 0 Å². The zero-order chi connectivity index (χ0) is 12.0. The average molecular weight is 226 g/mol. The van der Waals surface area contributed by atoms with Crippen molar-refractivity contribution in [3.63, 3.8) is 0 Å². The van der Waals surface area contributed by atoms with Gasteiger partial charge in [0.1, 0.15) is 0 Å². The smallest absolute Gasteiger partial charge is 0.220 e. The Morgan fingerprint density at radius 2 is 2.19 bits per heavy atom. The quantitative estimate of drug-likeness (QED) is 0.754. The Bertz CT molecular complexity index is 216. The fourth-order valence-corrected chi connectivity index (χ4v) is 2.28. The lowest BCUT2D eigenvalue weighted by Crippen LogP contribution is -2.35. The molecule has 3 N–H and O–H groups in total. The largest absolute Gasteiger partial charge is 0.356 e. The molecule has 0 aromatic rings. The van der Waals surface area contributed by atoms with Gasteiger partial charge in [-0.3, -0.25) is 4.79 Å². The van der Waals surface area contributed by atoms with E-state index < -0.39 is 0 Å². The van der Waals surface area contributed by atoms with Crippen LogP contribution in [0.25, 0.3) is 0 Å². The number of rotatable bonds is 5. The number of nitrogens with two attached hydrogens (primary N) is 1. The van der Waals surface area contributed by atoms with E-state index in [4.69, 9.17) is 5.73 Å². The normalized spacial score (nSPS) is 25.8. The third-order valence-electron chi connectivity index (χ3n) is 3.36. The summed E-state index contributed by atoms with van der Waals surface area (Å²) >= 11 is 0. The minimum atomic E-state index is 0.202. The van der Waals surface area contributed by atoms with E-state index in [-0.39, 0.29) is 5.91 Å². The van der Waals surface area contributed by atoms with Crippen LogP contribution in [0.1, 0.15) is 52.4 Å². The fourth-order valence-electron chi connectivity index (χ4n) is 2.28. The second-order valence-electron chi connectivity index (χ2n) is 5.53. The second-order valence-corrected chi connectivity index (χ2v) is 5.53. The van der Waals surface area contributed by atoms with Gasteiger partial charge in [-0.1, -0.05) is 20.3 Å². The molecule has 3 nitrogen and oxygen atoms in total. The van der Waals surface area contributed by atoms with Gasteiger partial charge < -0.3 is 11.1 Å². The monoisotopic (exact) mass is 226 g/mol. The van der Waals surface area contributed by atoms with Gasteiger partial charge in [-0.25, -0.2) is 0 Å². The Labute approximate surface area is 99.2 Å². The number of hydrogen-bond acceptors (Lipinski definition) is 2. The van der Waals surface area contributed by atoms with Crippen molar-refractivity contribution in [3.8, 4) is 0 Å². The highest BCUT2D eigenvalue weighted by atomic mass is 16.1. The number of amides is 1. The van der Waals surface area contributed by atoms with Crippen LogP contribution >= 0.6 is 0 Å². The summed E-state index contributed by atoms with van der Waals surface area (Å²) in [6, 6.07) is 0.353. The van der Waals surface area contributed by atoms with Crippen molar-refractivity contribution < 1.29 is 4.79 Å². The lowest BCUT2D eigenvalue weighted by Gasteiger charge is -2.26. The molecule has 0 aromatic heterocycles. The molecular weight excluding hydrogens is 200 g/mol. The van der Waals surface area contributed by atoms with Gasteiger partial charge in [0.25, 0.3) is 0 Å². The highest BCUT2D eigenvalue weighted by Gasteiger charge is 2.19. The summed E-state index contributed by atoms with van der Waals surface area (Å²) in [5.41, 5.74) is 5.92. The van der Waals surface area contributed by atoms with Gasteiger partial charge in [0, 0.05) is 19.0 Å². The molecule has 94 valence electrons. The first-order valence-electron chi connectivity index (χ1n) is 6.60. The third-order valence-corrected chi connectivity index (χ3v) is 3.36. The number of carbonyl (C=O) groups excluding carboxylic acids is 1. The van der Waals surface area contributed by atoms with Crippen LogP contribution in [-0.2, 0) is 4.79 Å². The van der Waals surface area contributed by atoms with Gasteiger partial charge in [-0.2, -0.15) is 0 Å². The number of nitrogens with one attached hydrogen (secondary N) is 1. The summed E-state index contributed by atoms with van der Waals surface area (Å²) in [6.45, 7) is 5.12. The Balaban J connectivity index is 2.11. The van der Waals surface area contributed by atoms with Crippen LogP contribution in [0.15, 0.2) is 0 Å². The van der Waals surface area contributed by atoms with Crippen molar-refractivity contribution in [1.29, 1.82) is 0 Å². The molecule has 1 aliphatic rings. The van der Waals surface area contributed by atoms with Crippen molar-refractivity contribution in [2.24, 2.45) is 17.6 Å². The summed E-state index contributed by atoms with van der Waals surface area (Å²) in [5, 5.41) is 3.03. The van der Waals surface area contributed by atoms with Crippen molar-refractivity contribution in [1.82, 2.24) is 5.32 Å². The van der Waals surface area contributed by atoms with Crippen molar-refractivity contribution in [2.45, 2.75) is 58.4 Å². The molecule has 2 atom stereocenters. The molecule has 2 unspecified atom stereocenters. The maximum absolute atomic E-state index is 11.5. The van der Waals surface area contributed by atoms with Gasteiger partial charge in [0.2, 0.25) is 5.91 Å². The van der Waals surface area contributed by atoms with E-state index in [2.05, 4.69) is 19.2 Å². The molecule has 1 rings (SSSR count). The molecule has 0 radical (unpaired) electrons. The second kappa shape index (κ2) is 6.89. The minimum absolute atomic E-state index is 0.202. The number of carbonyl (C=O) groups is 1. The first kappa shape index (κ1) is 13.5. The highest BCUT2D eigenvalue weighted by Crippen LogP contribution is 2.22. The topological polar surface area (TPSA) is 55.1 Å². The maximum atomic E-state index is 11.5. The molecule has 0 aromatic carbocycles. The van der Waals surface area contributed by atoms with Gasteiger partial charge in [0.15, 0.2) is 0 Å². The summed E-state index contributed by atoms with van der Waals surface area (Å²) in [7, 11) is 0. The van der Waals surface area contributed by atoms with Crippen LogP contribution in [0.5, 0.6) is 0 Å². The molecule has 1 saturated carbocycles. The molecule has 0 spiro atoms. The summed E-state index contributed by atoms with van der Waals surface area (Å²) in [5.74, 6) is 1.41. The summed E-state index contributed by atoms with van der Waals surface area (Å²) in [6.07, 6.45) is 6.31. The standard InChI is InChI=1S/C13H26N2O/c1-10(2)6-7-13(16)15-9-11-4-3-5-12(14)8-11/h10-12H,3-9,14H2,1-2H3,(H,15,16). The fraction of sp³-hybridized carbons (Fsp3) is 0.923. The molecule has 1 fully saturated rings. The average Bonchev–Trinajstić information content (AvgIpc) is 2.23. The van der Waals surface area contributed by atoms with Crippen LogP contribution < -0.4 is 11.1 Å². The predicted molar refractivity (Wildman–Crippen MR) is 67.0 cm³/mol. The van der Waals surface area contributed by atoms with E-state index in [0.717, 1.165) is 25.8 Å². The van der Waals surface area contributed by atoms with E-state index in [1.165, 1.54) is 12.8 Å². The van der Waals surface area contributed by atoms with E-state index in [1.807, 2.05) is 0 Å². The van der Waals surface area contributed by atoms with E-state index >= 15 is 0 Å². The van der Waals surface area contributed by atoms with Crippen LogP contribution in [0, 0.1) is 11.8 Å². The zero-order valence-electron chi connectivity index (χ0n) is 10.7. The maximum Gasteiger partial charge on any atom is 0.220 e. The molecule has 0 heterocycles. The summed E-state index contributed by atoms with van der Waals surface area (Å²) < 4.78 is 0. The lowest BCUT2D eigenvalue weighted by molar-refractivity contribution is -0.121. The van der Waals surface area contributed by atoms with E-state index in [0.29, 0.717) is 24.3 Å². The number of hydrogen-bond donors (Lipinski definition) is 2. The minimum Gasteiger partial charge on any atom is -0.356 e. The molecule has 0 aliphatic heterocycles. The molecule has 1 aliphatic carbocycles. The van der Waals surface area contributed by atoms with Crippen molar-refractivity contribution in [3.05, 3.63) is 0 Å². The van der Waals surface area contributed by atoms with Gasteiger partial charge >= 0.3 is 0 Å². The molecular formula is C13H26N2O. The van der Waals surface area contributed by atoms with Gasteiger partial charge in [0.05, 0.1) is 0 Å². The molecule has 0 bridgehead atoms. The van der Waals surface area contributed by atoms with Crippen molar-refractivity contribution in [2.75, 3.05) is 6.54 Å². The predicted octanol–water partition coefficient (Wildman–Crippen LogP) is 2.06. The SMILES string of the molecule is CC(C)CCC(=O)NCC1CCCC(N)C1. The Hall–Kier alpha value is -0.570. The van der Waals surface area contributed by atoms with Crippen LogP contribution in [-0.4, -0.2) is 18.5 Å². The first-order valence-corrected chi connectivity index (χ1v) is 6.60. The summed E-state index contributed by atoms with van der Waals surface area (Å²) in [4.78, 5) is 11.5. The Morgan fingerprint density at radius 1 is 1.44 bits per heavy atom. The lowest BCUT2D eigenvalue weighted by atomic mass is 9.86. The third kappa shape index (κ3) is 5.50. The van der Waals surface area contributed by atoms with E-state index in [1.54, 1.807) is 0 Å². The van der Waals surface area contributed by atoms with Gasteiger partial charge in [-0.05, 0) is 37.5 Å². The Morgan fingerprint density at radius 3 is 2.81 bits per heavy atom. The molecule has 0 saturated heterocycles. The zero-order valence-corrected chi connectivity index (χ0v) is 10.7. The van der Waals surface area contributed by atoms with Gasteiger partial charge in [-0.15, -0.1) is 0 Å². The Kier molecular flexibility index (Phi) is 5.81. The van der Waals surface area contributed by atoms with Crippen LogP contribution in [0.3, 0.4) is 0 Å².